The van der Waals surface area contributed by atoms with Crippen LogP contribution in [0, 0.1) is 0 Å². The summed E-state index contributed by atoms with van der Waals surface area (Å²) in [6.07, 6.45) is 89.6. The third kappa shape index (κ3) is 65.2. The standard InChI is InChI=1S/C74H141NO5/c1-3-5-7-9-11-13-15-17-19-21-23-24-25-27-31-34-38-42-46-50-54-58-62-66-72(77)71(70-76)75-73(78)67-63-59-55-51-47-43-39-35-32-28-26-29-33-37-41-45-49-53-57-61-65-69-80-74(79)68-64-60-56-52-48-44-40-36-30-22-20-18-16-14-12-10-8-6-4-2/h45,49,57,61-62,66,71-72,76-77H,3-44,46-48,50-56,58-60,63-65,67-70H2,1-2H3,(H,75,78)/b49-45-,61-57-,66-62+. The van der Waals surface area contributed by atoms with Gasteiger partial charge in [-0.1, -0.05) is 371 Å². The number of esters is 1. The Morgan fingerprint density at radius 2 is 0.625 bits per heavy atom. The maximum Gasteiger partial charge on any atom is 0.305 e. The van der Waals surface area contributed by atoms with Gasteiger partial charge >= 0.3 is 5.97 Å². The molecule has 0 aromatic rings. The van der Waals surface area contributed by atoms with Gasteiger partial charge in [-0.2, -0.15) is 0 Å². The molecule has 6 heteroatoms. The van der Waals surface area contributed by atoms with Gasteiger partial charge < -0.3 is 20.3 Å². The first-order valence-electron chi connectivity index (χ1n) is 36.3. The predicted molar refractivity (Wildman–Crippen MR) is 352 cm³/mol. The number of amides is 1. The molecule has 0 aromatic heterocycles. The lowest BCUT2D eigenvalue weighted by Gasteiger charge is -2.20. The number of carbonyl (C=O) groups is 2. The van der Waals surface area contributed by atoms with Crippen molar-refractivity contribution in [2.45, 2.75) is 411 Å². The number of nitrogens with one attached hydrogen (secondary N) is 1. The number of rotatable bonds is 68. The van der Waals surface area contributed by atoms with E-state index in [1.165, 1.54) is 321 Å². The third-order valence-corrected chi connectivity index (χ3v) is 16.9. The zero-order chi connectivity index (χ0) is 57.8. The van der Waals surface area contributed by atoms with Crippen molar-refractivity contribution >= 4 is 11.9 Å². The van der Waals surface area contributed by atoms with E-state index in [1.807, 2.05) is 6.08 Å². The van der Waals surface area contributed by atoms with Crippen LogP contribution < -0.4 is 5.32 Å². The van der Waals surface area contributed by atoms with Gasteiger partial charge in [-0.25, -0.2) is 0 Å². The van der Waals surface area contributed by atoms with Crippen LogP contribution in [-0.2, 0) is 14.3 Å². The van der Waals surface area contributed by atoms with Crippen molar-refractivity contribution in [3.05, 3.63) is 36.5 Å². The number of aliphatic hydroxyl groups excluding tert-OH is 2. The second kappa shape index (κ2) is 69.6. The van der Waals surface area contributed by atoms with Gasteiger partial charge in [-0.3, -0.25) is 9.59 Å². The Bertz CT molecular complexity index is 1300. The second-order valence-corrected chi connectivity index (χ2v) is 24.9. The molecule has 0 saturated carbocycles. The minimum Gasteiger partial charge on any atom is -0.465 e. The number of unbranched alkanes of at least 4 members (excludes halogenated alkanes) is 53. The Balaban J connectivity index is 3.45. The Morgan fingerprint density at radius 1 is 0.350 bits per heavy atom. The van der Waals surface area contributed by atoms with Crippen molar-refractivity contribution in [2.75, 3.05) is 13.2 Å². The summed E-state index contributed by atoms with van der Waals surface area (Å²) in [4.78, 5) is 24.6. The molecule has 1 amide bonds. The summed E-state index contributed by atoms with van der Waals surface area (Å²) in [5.41, 5.74) is 0. The molecule has 3 N–H and O–H groups in total. The molecule has 80 heavy (non-hydrogen) atoms. The molecule has 0 heterocycles. The minimum absolute atomic E-state index is 0.0303. The van der Waals surface area contributed by atoms with Crippen LogP contribution in [0.3, 0.4) is 0 Å². The van der Waals surface area contributed by atoms with Crippen molar-refractivity contribution in [2.24, 2.45) is 0 Å². The first-order chi connectivity index (χ1) is 39.5. The SMILES string of the molecule is CCCCCCCCCCCCCCCCCCCCCCC/C=C/C(O)C(CO)NC(=O)CCCCCCCCCCCCCCCC/C=C\C/C=C\CCOC(=O)CCCCCCCCCCCCCCCCCCCCC. The highest BCUT2D eigenvalue weighted by molar-refractivity contribution is 5.76. The Kier molecular flexibility index (Phi) is 67.9. The maximum atomic E-state index is 12.5. The molecule has 0 aliphatic rings. The summed E-state index contributed by atoms with van der Waals surface area (Å²) in [5.74, 6) is -0.0990. The molecule has 0 rings (SSSR count). The van der Waals surface area contributed by atoms with Crippen LogP contribution in [0.4, 0.5) is 0 Å². The van der Waals surface area contributed by atoms with E-state index in [9.17, 15) is 19.8 Å². The van der Waals surface area contributed by atoms with Crippen LogP contribution in [-0.4, -0.2) is 47.4 Å². The van der Waals surface area contributed by atoms with Crippen molar-refractivity contribution in [1.82, 2.24) is 5.32 Å². The molecule has 472 valence electrons. The molecule has 0 aliphatic carbocycles. The number of aliphatic hydroxyl groups is 2. The van der Waals surface area contributed by atoms with E-state index in [0.29, 0.717) is 19.4 Å². The van der Waals surface area contributed by atoms with Gasteiger partial charge in [0.25, 0.3) is 0 Å². The van der Waals surface area contributed by atoms with E-state index in [1.54, 1.807) is 6.08 Å². The van der Waals surface area contributed by atoms with Gasteiger partial charge in [0.05, 0.1) is 25.4 Å². The number of hydrogen-bond donors (Lipinski definition) is 3. The van der Waals surface area contributed by atoms with Crippen molar-refractivity contribution in [1.29, 1.82) is 0 Å². The minimum atomic E-state index is -0.850. The fraction of sp³-hybridized carbons (Fsp3) is 0.892. The van der Waals surface area contributed by atoms with Crippen LogP contribution in [0.25, 0.3) is 0 Å². The summed E-state index contributed by atoms with van der Waals surface area (Å²) in [5, 5.41) is 23.3. The smallest absolute Gasteiger partial charge is 0.305 e. The monoisotopic (exact) mass is 1120 g/mol. The lowest BCUT2D eigenvalue weighted by molar-refractivity contribution is -0.143. The van der Waals surface area contributed by atoms with Crippen LogP contribution in [0.5, 0.6) is 0 Å². The van der Waals surface area contributed by atoms with Gasteiger partial charge in [0.1, 0.15) is 0 Å². The van der Waals surface area contributed by atoms with Gasteiger partial charge in [-0.15, -0.1) is 0 Å². The molecule has 0 saturated heterocycles. The number of hydrogen-bond acceptors (Lipinski definition) is 5. The topological polar surface area (TPSA) is 95.9 Å². The molecule has 0 aliphatic heterocycles. The fourth-order valence-corrected chi connectivity index (χ4v) is 11.4. The summed E-state index contributed by atoms with van der Waals surface area (Å²) >= 11 is 0. The summed E-state index contributed by atoms with van der Waals surface area (Å²) in [7, 11) is 0. The van der Waals surface area contributed by atoms with Gasteiger partial charge in [0, 0.05) is 12.8 Å². The zero-order valence-corrected chi connectivity index (χ0v) is 54.1. The van der Waals surface area contributed by atoms with E-state index in [-0.39, 0.29) is 18.5 Å². The van der Waals surface area contributed by atoms with Crippen molar-refractivity contribution in [3.8, 4) is 0 Å². The van der Waals surface area contributed by atoms with E-state index in [2.05, 4.69) is 43.5 Å². The number of allylic oxidation sites excluding steroid dienone is 4. The Hall–Kier alpha value is -1.92. The Morgan fingerprint density at radius 3 is 0.950 bits per heavy atom. The summed E-state index contributed by atoms with van der Waals surface area (Å²) in [6, 6.07) is -0.634. The highest BCUT2D eigenvalue weighted by atomic mass is 16.5. The van der Waals surface area contributed by atoms with Crippen LogP contribution in [0.2, 0.25) is 0 Å². The van der Waals surface area contributed by atoms with E-state index >= 15 is 0 Å². The first-order valence-corrected chi connectivity index (χ1v) is 36.3. The Labute approximate surface area is 500 Å². The van der Waals surface area contributed by atoms with E-state index in [4.69, 9.17) is 4.74 Å². The normalized spacial score (nSPS) is 12.7. The molecule has 0 aromatic carbocycles. The quantitative estimate of drug-likeness (QED) is 0.0320. The molecule has 2 unspecified atom stereocenters. The fourth-order valence-electron chi connectivity index (χ4n) is 11.4. The van der Waals surface area contributed by atoms with Gasteiger partial charge in [0.2, 0.25) is 5.91 Å². The molecule has 0 radical (unpaired) electrons. The van der Waals surface area contributed by atoms with Crippen LogP contribution in [0.15, 0.2) is 36.5 Å². The van der Waals surface area contributed by atoms with Crippen molar-refractivity contribution < 1.29 is 24.5 Å². The van der Waals surface area contributed by atoms with E-state index < -0.39 is 12.1 Å². The van der Waals surface area contributed by atoms with Crippen molar-refractivity contribution in [3.63, 3.8) is 0 Å². The van der Waals surface area contributed by atoms with Gasteiger partial charge in [0.15, 0.2) is 0 Å². The van der Waals surface area contributed by atoms with Gasteiger partial charge in [-0.05, 0) is 51.4 Å². The molecule has 6 nitrogen and oxygen atoms in total. The maximum absolute atomic E-state index is 12.5. The molecule has 0 spiro atoms. The first kappa shape index (κ1) is 78.1. The molecular weight excluding hydrogens is 983 g/mol. The third-order valence-electron chi connectivity index (χ3n) is 16.9. The average Bonchev–Trinajstić information content (AvgIpc) is 3.46. The average molecular weight is 1120 g/mol. The highest BCUT2D eigenvalue weighted by Gasteiger charge is 2.18. The summed E-state index contributed by atoms with van der Waals surface area (Å²) in [6.45, 7) is 4.84. The molecule has 0 fully saturated rings. The lowest BCUT2D eigenvalue weighted by Crippen LogP contribution is -2.45. The highest BCUT2D eigenvalue weighted by Crippen LogP contribution is 2.19. The zero-order valence-electron chi connectivity index (χ0n) is 54.1. The number of carbonyl (C=O) groups excluding carboxylic acids is 2. The van der Waals surface area contributed by atoms with Crippen LogP contribution >= 0.6 is 0 Å². The number of ether oxygens (including phenoxy) is 1. The summed E-state index contributed by atoms with van der Waals surface area (Å²) < 4.78 is 5.45. The largest absolute Gasteiger partial charge is 0.465 e. The predicted octanol–water partition coefficient (Wildman–Crippen LogP) is 23.5. The second-order valence-electron chi connectivity index (χ2n) is 24.9. The molecule has 2 atom stereocenters. The lowest BCUT2D eigenvalue weighted by atomic mass is 10.0. The molecular formula is C74H141NO5. The van der Waals surface area contributed by atoms with E-state index in [0.717, 1.165) is 51.4 Å². The van der Waals surface area contributed by atoms with Crippen LogP contribution in [0.1, 0.15) is 399 Å². The molecule has 0 bridgehead atoms.